The van der Waals surface area contributed by atoms with Crippen molar-refractivity contribution in [3.63, 3.8) is 0 Å². The summed E-state index contributed by atoms with van der Waals surface area (Å²) in [5.41, 5.74) is 6.44. The van der Waals surface area contributed by atoms with Crippen LogP contribution in [0.3, 0.4) is 0 Å². The van der Waals surface area contributed by atoms with Gasteiger partial charge < -0.3 is 10.8 Å². The quantitative estimate of drug-likeness (QED) is 0.761. The molecule has 0 saturated heterocycles. The number of nitrogens with zero attached hydrogens (tertiary/aromatic N) is 1. The van der Waals surface area contributed by atoms with Crippen LogP contribution in [-0.4, -0.2) is 16.0 Å². The first-order valence-electron chi connectivity index (χ1n) is 4.08. The molecule has 0 fully saturated rings. The van der Waals surface area contributed by atoms with E-state index in [0.717, 1.165) is 22.2 Å². The first-order chi connectivity index (χ1) is 6.31. The van der Waals surface area contributed by atoms with E-state index in [0.29, 0.717) is 6.54 Å². The Hall–Kier alpha value is -1.13. The number of nitrogens with two attached hydrogens (primary N) is 1. The predicted molar refractivity (Wildman–Crippen MR) is 54.0 cm³/mol. The van der Waals surface area contributed by atoms with E-state index in [9.17, 15) is 5.11 Å². The highest BCUT2D eigenvalue weighted by Gasteiger charge is 2.05. The number of phenolic OH excluding ortho intramolecular Hbond substituents is 1. The van der Waals surface area contributed by atoms with Crippen LogP contribution in [0.2, 0.25) is 0 Å². The van der Waals surface area contributed by atoms with Crippen molar-refractivity contribution in [1.29, 1.82) is 0 Å². The van der Waals surface area contributed by atoms with E-state index in [1.807, 2.05) is 6.07 Å². The zero-order valence-corrected chi connectivity index (χ0v) is 7.84. The Balaban J connectivity index is 2.58. The molecule has 0 amide bonds. The van der Waals surface area contributed by atoms with Crippen LogP contribution in [0.4, 0.5) is 0 Å². The van der Waals surface area contributed by atoms with E-state index in [1.54, 1.807) is 12.1 Å². The number of hydrogen-bond acceptors (Lipinski definition) is 4. The first-order valence-corrected chi connectivity index (χ1v) is 4.86. The van der Waals surface area contributed by atoms with E-state index < -0.39 is 0 Å². The van der Waals surface area contributed by atoms with Crippen molar-refractivity contribution >= 4 is 21.6 Å². The molecule has 0 spiro atoms. The van der Waals surface area contributed by atoms with Crippen molar-refractivity contribution in [3.05, 3.63) is 23.9 Å². The molecule has 2 rings (SSSR count). The normalized spacial score (nSPS) is 10.8. The van der Waals surface area contributed by atoms with Crippen LogP contribution in [0, 0.1) is 0 Å². The number of hydrogen-bond donors (Lipinski definition) is 2. The fourth-order valence-corrected chi connectivity index (χ4v) is 2.10. The molecule has 1 aromatic heterocycles. The molecule has 3 nitrogen and oxygen atoms in total. The minimum atomic E-state index is 0.283. The van der Waals surface area contributed by atoms with E-state index in [1.165, 1.54) is 11.5 Å². The van der Waals surface area contributed by atoms with Crippen LogP contribution in [0.25, 0.3) is 10.1 Å². The third kappa shape index (κ3) is 1.50. The van der Waals surface area contributed by atoms with Gasteiger partial charge in [0.1, 0.15) is 5.75 Å². The van der Waals surface area contributed by atoms with Crippen molar-refractivity contribution in [2.24, 2.45) is 5.73 Å². The molecular weight excluding hydrogens is 184 g/mol. The summed E-state index contributed by atoms with van der Waals surface area (Å²) in [5.74, 6) is 0.283. The lowest BCUT2D eigenvalue weighted by atomic mass is 10.2. The molecule has 2 aromatic rings. The third-order valence-corrected chi connectivity index (χ3v) is 2.77. The Kier molecular flexibility index (Phi) is 2.16. The third-order valence-electron chi connectivity index (χ3n) is 1.91. The van der Waals surface area contributed by atoms with Gasteiger partial charge in [0.05, 0.1) is 10.4 Å². The van der Waals surface area contributed by atoms with Gasteiger partial charge in [-0.3, -0.25) is 0 Å². The standard InChI is InChI=1S/C9H10N2OS/c10-4-3-8-7-5-6(12)1-2-9(7)13-11-8/h1-2,5,12H,3-4,10H2. The molecule has 3 N–H and O–H groups in total. The molecule has 0 atom stereocenters. The summed E-state index contributed by atoms with van der Waals surface area (Å²) < 4.78 is 5.38. The molecule has 13 heavy (non-hydrogen) atoms. The monoisotopic (exact) mass is 194 g/mol. The highest BCUT2D eigenvalue weighted by molar-refractivity contribution is 7.13. The Morgan fingerprint density at radius 3 is 3.08 bits per heavy atom. The number of fused-ring (bicyclic) bond motifs is 1. The predicted octanol–water partition coefficient (Wildman–Crippen LogP) is 1.50. The summed E-state index contributed by atoms with van der Waals surface area (Å²) in [6.07, 6.45) is 0.767. The highest BCUT2D eigenvalue weighted by Crippen LogP contribution is 2.26. The van der Waals surface area contributed by atoms with Crippen molar-refractivity contribution < 1.29 is 5.11 Å². The van der Waals surface area contributed by atoms with Crippen LogP contribution in [0.1, 0.15) is 5.69 Å². The molecule has 1 heterocycles. The first kappa shape index (κ1) is 8.47. The maximum Gasteiger partial charge on any atom is 0.116 e. The van der Waals surface area contributed by atoms with Gasteiger partial charge in [-0.15, -0.1) is 0 Å². The topological polar surface area (TPSA) is 59.1 Å². The zero-order chi connectivity index (χ0) is 9.26. The summed E-state index contributed by atoms with van der Waals surface area (Å²) in [7, 11) is 0. The number of phenols is 1. The van der Waals surface area contributed by atoms with Crippen molar-refractivity contribution in [3.8, 4) is 5.75 Å². The molecular formula is C9H10N2OS. The molecule has 0 unspecified atom stereocenters. The average molecular weight is 194 g/mol. The minimum Gasteiger partial charge on any atom is -0.508 e. The summed E-state index contributed by atoms with van der Waals surface area (Å²) in [6, 6.07) is 5.29. The van der Waals surface area contributed by atoms with E-state index in [2.05, 4.69) is 4.37 Å². The van der Waals surface area contributed by atoms with Gasteiger partial charge in [-0.25, -0.2) is 0 Å². The van der Waals surface area contributed by atoms with Gasteiger partial charge in [0.15, 0.2) is 0 Å². The smallest absolute Gasteiger partial charge is 0.116 e. The Labute approximate surface area is 80.0 Å². The summed E-state index contributed by atoms with van der Waals surface area (Å²) >= 11 is 1.45. The van der Waals surface area contributed by atoms with Gasteiger partial charge in [0.2, 0.25) is 0 Å². The highest BCUT2D eigenvalue weighted by atomic mass is 32.1. The minimum absolute atomic E-state index is 0.283. The second kappa shape index (κ2) is 3.32. The molecule has 0 aliphatic rings. The van der Waals surface area contributed by atoms with Gasteiger partial charge in [-0.1, -0.05) is 0 Å². The molecule has 0 saturated carbocycles. The van der Waals surface area contributed by atoms with Gasteiger partial charge in [-0.2, -0.15) is 4.37 Å². The lowest BCUT2D eigenvalue weighted by Crippen LogP contribution is -2.02. The van der Waals surface area contributed by atoms with Crippen LogP contribution in [-0.2, 0) is 6.42 Å². The number of rotatable bonds is 2. The Morgan fingerprint density at radius 2 is 2.31 bits per heavy atom. The van der Waals surface area contributed by atoms with Gasteiger partial charge in [-0.05, 0) is 36.3 Å². The largest absolute Gasteiger partial charge is 0.508 e. The molecule has 1 aromatic carbocycles. The van der Waals surface area contributed by atoms with E-state index in [-0.39, 0.29) is 5.75 Å². The van der Waals surface area contributed by atoms with Gasteiger partial charge >= 0.3 is 0 Å². The maximum atomic E-state index is 9.29. The fourth-order valence-electron chi connectivity index (χ4n) is 1.29. The molecule has 0 aliphatic carbocycles. The summed E-state index contributed by atoms with van der Waals surface area (Å²) in [6.45, 7) is 0.592. The van der Waals surface area contributed by atoms with E-state index in [4.69, 9.17) is 5.73 Å². The summed E-state index contributed by atoms with van der Waals surface area (Å²) in [5, 5.41) is 10.3. The average Bonchev–Trinajstić information content (AvgIpc) is 2.49. The summed E-state index contributed by atoms with van der Waals surface area (Å²) in [4.78, 5) is 0. The molecule has 4 heteroatoms. The second-order valence-corrected chi connectivity index (χ2v) is 3.65. The molecule has 0 radical (unpaired) electrons. The van der Waals surface area contributed by atoms with Crippen molar-refractivity contribution in [1.82, 2.24) is 4.37 Å². The SMILES string of the molecule is NCCc1nsc2ccc(O)cc12. The van der Waals surface area contributed by atoms with E-state index >= 15 is 0 Å². The maximum absolute atomic E-state index is 9.29. The molecule has 68 valence electrons. The lowest BCUT2D eigenvalue weighted by molar-refractivity contribution is 0.476. The van der Waals surface area contributed by atoms with Gasteiger partial charge in [0.25, 0.3) is 0 Å². The lowest BCUT2D eigenvalue weighted by Gasteiger charge is -1.94. The zero-order valence-electron chi connectivity index (χ0n) is 7.03. The fraction of sp³-hybridized carbons (Fsp3) is 0.222. The van der Waals surface area contributed by atoms with Crippen LogP contribution >= 0.6 is 11.5 Å². The Morgan fingerprint density at radius 1 is 1.46 bits per heavy atom. The van der Waals surface area contributed by atoms with Crippen LogP contribution in [0.5, 0.6) is 5.75 Å². The van der Waals surface area contributed by atoms with Crippen molar-refractivity contribution in [2.45, 2.75) is 6.42 Å². The Bertz CT molecular complexity index is 424. The van der Waals surface area contributed by atoms with Crippen LogP contribution in [0.15, 0.2) is 18.2 Å². The number of aromatic hydroxyl groups is 1. The molecule has 0 aliphatic heterocycles. The molecule has 0 bridgehead atoms. The van der Waals surface area contributed by atoms with Crippen LogP contribution < -0.4 is 5.73 Å². The second-order valence-electron chi connectivity index (χ2n) is 2.85. The van der Waals surface area contributed by atoms with Gasteiger partial charge in [0, 0.05) is 11.8 Å². The van der Waals surface area contributed by atoms with Crippen molar-refractivity contribution in [2.75, 3.05) is 6.54 Å². The number of aromatic nitrogens is 1. The number of benzene rings is 1.